The lowest BCUT2D eigenvalue weighted by atomic mass is 10.3. The Morgan fingerprint density at radius 1 is 1.40 bits per heavy atom. The fourth-order valence-electron chi connectivity index (χ4n) is 2.19. The minimum atomic E-state index is -0.418. The molecule has 1 aromatic carbocycles. The molecule has 0 aliphatic carbocycles. The average Bonchev–Trinajstić information content (AvgIpc) is 2.74. The molecule has 0 radical (unpaired) electrons. The van der Waals surface area contributed by atoms with Crippen LogP contribution in [0, 0.1) is 5.82 Å². The molecule has 0 bridgehead atoms. The van der Waals surface area contributed by atoms with Crippen LogP contribution in [0.2, 0.25) is 5.02 Å². The molecule has 0 aliphatic heterocycles. The van der Waals surface area contributed by atoms with Crippen LogP contribution < -0.4 is 0 Å². The van der Waals surface area contributed by atoms with E-state index in [4.69, 9.17) is 23.2 Å². The van der Waals surface area contributed by atoms with Crippen LogP contribution in [-0.2, 0) is 6.54 Å². The van der Waals surface area contributed by atoms with Gasteiger partial charge in [-0.3, -0.25) is 0 Å². The van der Waals surface area contributed by atoms with Gasteiger partial charge < -0.3 is 4.57 Å². The van der Waals surface area contributed by atoms with E-state index in [1.165, 1.54) is 6.07 Å². The van der Waals surface area contributed by atoms with Gasteiger partial charge in [0.1, 0.15) is 11.6 Å². The standard InChI is InChI=1S/C14H17Cl2FN2S/c1-9(15)14-18-12-7-10(16)11(17)8-13(12)19(14)5-3-4-6-20-2/h7-9H,3-6H2,1-2H3. The summed E-state index contributed by atoms with van der Waals surface area (Å²) in [4.78, 5) is 4.49. The molecule has 1 unspecified atom stereocenters. The molecule has 0 N–H and O–H groups in total. The van der Waals surface area contributed by atoms with Crippen molar-refractivity contribution in [2.24, 2.45) is 0 Å². The molecule has 0 saturated heterocycles. The Morgan fingerprint density at radius 2 is 2.15 bits per heavy atom. The van der Waals surface area contributed by atoms with E-state index in [0.717, 1.165) is 36.5 Å². The van der Waals surface area contributed by atoms with Crippen LogP contribution >= 0.6 is 35.0 Å². The third kappa shape index (κ3) is 3.41. The third-order valence-corrected chi connectivity index (χ3v) is 4.34. The third-order valence-electron chi connectivity index (χ3n) is 3.16. The van der Waals surface area contributed by atoms with Crippen LogP contribution in [0.25, 0.3) is 11.0 Å². The van der Waals surface area contributed by atoms with Gasteiger partial charge in [0.15, 0.2) is 0 Å². The van der Waals surface area contributed by atoms with E-state index in [9.17, 15) is 4.39 Å². The maximum atomic E-state index is 13.7. The van der Waals surface area contributed by atoms with E-state index in [1.54, 1.807) is 6.07 Å². The van der Waals surface area contributed by atoms with Gasteiger partial charge >= 0.3 is 0 Å². The van der Waals surface area contributed by atoms with Crippen molar-refractivity contribution < 1.29 is 4.39 Å². The number of unbranched alkanes of at least 4 members (excludes halogenated alkanes) is 1. The molecule has 2 nitrogen and oxygen atoms in total. The second kappa shape index (κ2) is 7.01. The molecule has 0 aliphatic rings. The van der Waals surface area contributed by atoms with Crippen molar-refractivity contribution in [1.29, 1.82) is 0 Å². The molecule has 0 amide bonds. The predicted molar refractivity (Wildman–Crippen MR) is 86.6 cm³/mol. The number of rotatable bonds is 6. The molecule has 0 fully saturated rings. The van der Waals surface area contributed by atoms with E-state index < -0.39 is 5.82 Å². The van der Waals surface area contributed by atoms with Crippen molar-refractivity contribution in [1.82, 2.24) is 9.55 Å². The Hall–Kier alpha value is -0.450. The number of nitrogens with zero attached hydrogens (tertiary/aromatic N) is 2. The Morgan fingerprint density at radius 3 is 2.80 bits per heavy atom. The highest BCUT2D eigenvalue weighted by Crippen LogP contribution is 2.28. The van der Waals surface area contributed by atoms with E-state index in [1.807, 2.05) is 23.3 Å². The van der Waals surface area contributed by atoms with Crippen molar-refractivity contribution in [3.05, 3.63) is 28.8 Å². The summed E-state index contributed by atoms with van der Waals surface area (Å²) in [6.07, 6.45) is 4.23. The molecule has 1 heterocycles. The molecule has 110 valence electrons. The fraction of sp³-hybridized carbons (Fsp3) is 0.500. The normalized spacial score (nSPS) is 13.1. The fourth-order valence-corrected chi connectivity index (χ4v) is 3.01. The van der Waals surface area contributed by atoms with Crippen LogP contribution in [0.5, 0.6) is 0 Å². The van der Waals surface area contributed by atoms with Crippen LogP contribution in [0.3, 0.4) is 0 Å². The molecule has 1 atom stereocenters. The van der Waals surface area contributed by atoms with Crippen molar-refractivity contribution in [2.75, 3.05) is 12.0 Å². The van der Waals surface area contributed by atoms with Gasteiger partial charge in [-0.2, -0.15) is 11.8 Å². The van der Waals surface area contributed by atoms with Crippen molar-refractivity contribution in [2.45, 2.75) is 31.7 Å². The minimum Gasteiger partial charge on any atom is -0.327 e. The molecule has 2 rings (SSSR count). The van der Waals surface area contributed by atoms with E-state index >= 15 is 0 Å². The number of alkyl halides is 1. The molecule has 6 heteroatoms. The van der Waals surface area contributed by atoms with Crippen molar-refractivity contribution >= 4 is 46.0 Å². The maximum Gasteiger partial charge on any atom is 0.144 e. The van der Waals surface area contributed by atoms with E-state index in [0.29, 0.717) is 5.52 Å². The highest BCUT2D eigenvalue weighted by atomic mass is 35.5. The number of hydrogen-bond acceptors (Lipinski definition) is 2. The SMILES string of the molecule is CSCCCCn1c(C(C)Cl)nc2cc(Cl)c(F)cc21. The van der Waals surface area contributed by atoms with E-state index in [2.05, 4.69) is 11.2 Å². The highest BCUT2D eigenvalue weighted by molar-refractivity contribution is 7.98. The van der Waals surface area contributed by atoms with Gasteiger partial charge in [-0.25, -0.2) is 9.37 Å². The molecular formula is C14H17Cl2FN2S. The second-order valence-corrected chi connectivity index (χ2v) is 6.74. The summed E-state index contributed by atoms with van der Waals surface area (Å²) in [7, 11) is 0. The summed E-state index contributed by atoms with van der Waals surface area (Å²) in [6.45, 7) is 2.67. The second-order valence-electron chi connectivity index (χ2n) is 4.69. The topological polar surface area (TPSA) is 17.8 Å². The van der Waals surface area contributed by atoms with Crippen LogP contribution in [0.15, 0.2) is 12.1 Å². The number of halogens is 3. The predicted octanol–water partition coefficient (Wildman–Crippen LogP) is 5.27. The van der Waals surface area contributed by atoms with Crippen LogP contribution in [0.4, 0.5) is 4.39 Å². The lowest BCUT2D eigenvalue weighted by Gasteiger charge is -2.10. The highest BCUT2D eigenvalue weighted by Gasteiger charge is 2.16. The Bertz CT molecular complexity index is 598. The number of imidazole rings is 1. The molecule has 1 aromatic heterocycles. The first-order valence-corrected chi connectivity index (χ1v) is 8.73. The lowest BCUT2D eigenvalue weighted by molar-refractivity contribution is 0.611. The summed E-state index contributed by atoms with van der Waals surface area (Å²) < 4.78 is 15.7. The number of hydrogen-bond donors (Lipinski definition) is 0. The molecule has 0 saturated carbocycles. The Labute approximate surface area is 132 Å². The quantitative estimate of drug-likeness (QED) is 0.528. The van der Waals surface area contributed by atoms with Gasteiger partial charge in [0.25, 0.3) is 0 Å². The smallest absolute Gasteiger partial charge is 0.144 e. The maximum absolute atomic E-state index is 13.7. The summed E-state index contributed by atoms with van der Waals surface area (Å²) >= 11 is 13.8. The number of benzene rings is 1. The number of aryl methyl sites for hydroxylation is 1. The van der Waals surface area contributed by atoms with Gasteiger partial charge in [-0.1, -0.05) is 11.6 Å². The summed E-state index contributed by atoms with van der Waals surface area (Å²) in [5.74, 6) is 1.48. The molecular weight excluding hydrogens is 318 g/mol. The first-order chi connectivity index (χ1) is 9.54. The van der Waals surface area contributed by atoms with Crippen LogP contribution in [-0.4, -0.2) is 21.6 Å². The van der Waals surface area contributed by atoms with Crippen LogP contribution in [0.1, 0.15) is 31.0 Å². The van der Waals surface area contributed by atoms with Crippen molar-refractivity contribution in [3.63, 3.8) is 0 Å². The number of aromatic nitrogens is 2. The van der Waals surface area contributed by atoms with Gasteiger partial charge in [0.05, 0.1) is 21.4 Å². The van der Waals surface area contributed by atoms with Gasteiger partial charge in [-0.15, -0.1) is 11.6 Å². The zero-order valence-electron chi connectivity index (χ0n) is 11.5. The largest absolute Gasteiger partial charge is 0.327 e. The Balaban J connectivity index is 2.37. The first-order valence-electron chi connectivity index (χ1n) is 6.52. The zero-order chi connectivity index (χ0) is 14.7. The summed E-state index contributed by atoms with van der Waals surface area (Å²) in [6, 6.07) is 3.01. The van der Waals surface area contributed by atoms with E-state index in [-0.39, 0.29) is 10.4 Å². The van der Waals surface area contributed by atoms with Gasteiger partial charge in [-0.05, 0) is 37.8 Å². The Kier molecular flexibility index (Phi) is 5.58. The summed E-state index contributed by atoms with van der Waals surface area (Å²) in [5, 5.41) is -0.122. The monoisotopic (exact) mass is 334 g/mol. The summed E-state index contributed by atoms with van der Waals surface area (Å²) in [5.41, 5.74) is 1.46. The van der Waals surface area contributed by atoms with Crippen molar-refractivity contribution in [3.8, 4) is 0 Å². The zero-order valence-corrected chi connectivity index (χ0v) is 13.8. The molecule has 20 heavy (non-hydrogen) atoms. The number of thioether (sulfide) groups is 1. The lowest BCUT2D eigenvalue weighted by Crippen LogP contribution is -2.05. The first kappa shape index (κ1) is 15.9. The molecule has 0 spiro atoms. The number of fused-ring (bicyclic) bond motifs is 1. The van der Waals surface area contributed by atoms with Gasteiger partial charge in [0, 0.05) is 12.6 Å². The van der Waals surface area contributed by atoms with Gasteiger partial charge in [0.2, 0.25) is 0 Å². The average molecular weight is 335 g/mol. The minimum absolute atomic E-state index is 0.0957. The molecule has 2 aromatic rings.